The molecule has 0 saturated heterocycles. The fourth-order valence-electron chi connectivity index (χ4n) is 2.55. The Kier molecular flexibility index (Phi) is 5.46. The summed E-state index contributed by atoms with van der Waals surface area (Å²) in [5.41, 5.74) is 1.36. The maximum Gasteiger partial charge on any atom is 0.201 e. The summed E-state index contributed by atoms with van der Waals surface area (Å²) in [6.07, 6.45) is 0. The third-order valence-corrected chi connectivity index (χ3v) is 3.81. The van der Waals surface area contributed by atoms with Gasteiger partial charge in [-0.15, -0.1) is 0 Å². The van der Waals surface area contributed by atoms with E-state index < -0.39 is 11.6 Å². The molecule has 26 heavy (non-hydrogen) atoms. The predicted molar refractivity (Wildman–Crippen MR) is 93.7 cm³/mol. The summed E-state index contributed by atoms with van der Waals surface area (Å²) in [7, 11) is 0. The Labute approximate surface area is 149 Å². The highest BCUT2D eigenvalue weighted by atomic mass is 19.2. The maximum atomic E-state index is 14.3. The molecular weight excluding hydrogens is 341 g/mol. The second kappa shape index (κ2) is 7.95. The van der Waals surface area contributed by atoms with Crippen molar-refractivity contribution in [3.05, 3.63) is 83.7 Å². The van der Waals surface area contributed by atoms with Gasteiger partial charge >= 0.3 is 0 Å². The van der Waals surface area contributed by atoms with Gasteiger partial charge in [-0.05, 0) is 54.4 Å². The Bertz CT molecular complexity index is 892. The molecular formula is C21H17F3O2. The Balaban J connectivity index is 1.74. The number of benzene rings is 3. The quantitative estimate of drug-likeness (QED) is 0.559. The topological polar surface area (TPSA) is 18.5 Å². The fraction of sp³-hybridized carbons (Fsp3) is 0.143. The van der Waals surface area contributed by atoms with E-state index in [-0.39, 0.29) is 30.3 Å². The van der Waals surface area contributed by atoms with Crippen LogP contribution in [0, 0.1) is 17.5 Å². The summed E-state index contributed by atoms with van der Waals surface area (Å²) < 4.78 is 52.0. The monoisotopic (exact) mass is 358 g/mol. The van der Waals surface area contributed by atoms with Crippen molar-refractivity contribution in [1.82, 2.24) is 0 Å². The van der Waals surface area contributed by atoms with Gasteiger partial charge in [0.15, 0.2) is 11.6 Å². The first-order valence-corrected chi connectivity index (χ1v) is 8.17. The van der Waals surface area contributed by atoms with Crippen molar-refractivity contribution < 1.29 is 22.6 Å². The van der Waals surface area contributed by atoms with Crippen molar-refractivity contribution in [2.24, 2.45) is 0 Å². The number of rotatable bonds is 6. The molecule has 5 heteroatoms. The smallest absolute Gasteiger partial charge is 0.201 e. The average Bonchev–Trinajstić information content (AvgIpc) is 2.65. The molecule has 0 aliphatic rings. The van der Waals surface area contributed by atoms with Gasteiger partial charge in [0.05, 0.1) is 6.61 Å². The molecule has 0 aliphatic carbocycles. The van der Waals surface area contributed by atoms with Crippen molar-refractivity contribution in [1.29, 1.82) is 0 Å². The summed E-state index contributed by atoms with van der Waals surface area (Å²) in [5.74, 6) is -1.84. The number of ether oxygens (including phenoxy) is 2. The molecule has 0 spiro atoms. The van der Waals surface area contributed by atoms with E-state index >= 15 is 0 Å². The van der Waals surface area contributed by atoms with Crippen LogP contribution in [0.15, 0.2) is 60.7 Å². The van der Waals surface area contributed by atoms with Crippen LogP contribution in [0.4, 0.5) is 13.2 Å². The van der Waals surface area contributed by atoms with Gasteiger partial charge in [-0.2, -0.15) is 4.39 Å². The van der Waals surface area contributed by atoms with Crippen LogP contribution in [0.25, 0.3) is 11.1 Å². The van der Waals surface area contributed by atoms with Gasteiger partial charge in [0, 0.05) is 5.56 Å². The minimum absolute atomic E-state index is 0.108. The molecule has 0 saturated carbocycles. The molecule has 134 valence electrons. The highest BCUT2D eigenvalue weighted by Gasteiger charge is 2.15. The zero-order valence-electron chi connectivity index (χ0n) is 14.1. The lowest BCUT2D eigenvalue weighted by Crippen LogP contribution is -1.99. The second-order valence-electron chi connectivity index (χ2n) is 5.62. The van der Waals surface area contributed by atoms with Crippen molar-refractivity contribution in [3.8, 4) is 22.6 Å². The number of halogens is 3. The summed E-state index contributed by atoms with van der Waals surface area (Å²) in [6.45, 7) is 2.17. The van der Waals surface area contributed by atoms with Crippen molar-refractivity contribution in [3.63, 3.8) is 0 Å². The van der Waals surface area contributed by atoms with Crippen LogP contribution < -0.4 is 9.47 Å². The van der Waals surface area contributed by atoms with E-state index in [0.29, 0.717) is 16.9 Å². The Morgan fingerprint density at radius 3 is 2.27 bits per heavy atom. The van der Waals surface area contributed by atoms with Crippen molar-refractivity contribution in [2.75, 3.05) is 6.61 Å². The van der Waals surface area contributed by atoms with E-state index in [1.54, 1.807) is 43.3 Å². The van der Waals surface area contributed by atoms with Gasteiger partial charge in [0.1, 0.15) is 18.2 Å². The predicted octanol–water partition coefficient (Wildman–Crippen LogP) is 5.75. The van der Waals surface area contributed by atoms with Crippen LogP contribution in [-0.2, 0) is 6.61 Å². The van der Waals surface area contributed by atoms with Crippen LogP contribution in [-0.4, -0.2) is 6.61 Å². The van der Waals surface area contributed by atoms with Gasteiger partial charge in [-0.25, -0.2) is 8.78 Å². The van der Waals surface area contributed by atoms with Crippen LogP contribution >= 0.6 is 0 Å². The average molecular weight is 358 g/mol. The maximum absolute atomic E-state index is 14.3. The first-order valence-electron chi connectivity index (χ1n) is 8.17. The minimum atomic E-state index is -1.00. The zero-order chi connectivity index (χ0) is 18.5. The molecule has 0 atom stereocenters. The molecule has 3 rings (SSSR count). The molecule has 0 unspecified atom stereocenters. The molecule has 0 aromatic heterocycles. The van der Waals surface area contributed by atoms with E-state index in [1.807, 2.05) is 0 Å². The third-order valence-electron chi connectivity index (χ3n) is 3.81. The van der Waals surface area contributed by atoms with Crippen molar-refractivity contribution >= 4 is 0 Å². The van der Waals surface area contributed by atoms with Gasteiger partial charge in [-0.3, -0.25) is 0 Å². The number of hydrogen-bond donors (Lipinski definition) is 0. The summed E-state index contributed by atoms with van der Waals surface area (Å²) in [5, 5.41) is 0. The van der Waals surface area contributed by atoms with Gasteiger partial charge < -0.3 is 9.47 Å². The van der Waals surface area contributed by atoms with Gasteiger partial charge in [0.2, 0.25) is 5.82 Å². The molecule has 0 N–H and O–H groups in total. The molecule has 2 nitrogen and oxygen atoms in total. The first kappa shape index (κ1) is 17.9. The Hall–Kier alpha value is -2.95. The van der Waals surface area contributed by atoms with Gasteiger partial charge in [0.25, 0.3) is 0 Å². The lowest BCUT2D eigenvalue weighted by molar-refractivity contribution is 0.305. The molecule has 3 aromatic rings. The standard InChI is InChI=1S/C21H17F3O2/c1-2-25-19-11-10-18(20(23)21(19)24)15-6-8-17(9-7-15)26-13-14-4-3-5-16(22)12-14/h3-12H,2,13H2,1H3. The summed E-state index contributed by atoms with van der Waals surface area (Å²) in [6, 6.07) is 15.6. The van der Waals surface area contributed by atoms with E-state index in [1.165, 1.54) is 24.3 Å². The molecule has 3 aromatic carbocycles. The molecule has 0 fully saturated rings. The molecule has 0 radical (unpaired) electrons. The van der Waals surface area contributed by atoms with Crippen molar-refractivity contribution in [2.45, 2.75) is 13.5 Å². The molecule has 0 amide bonds. The van der Waals surface area contributed by atoms with E-state index in [2.05, 4.69) is 0 Å². The summed E-state index contributed by atoms with van der Waals surface area (Å²) >= 11 is 0. The fourth-order valence-corrected chi connectivity index (χ4v) is 2.55. The molecule has 0 aliphatic heterocycles. The minimum Gasteiger partial charge on any atom is -0.491 e. The lowest BCUT2D eigenvalue weighted by Gasteiger charge is -2.10. The number of hydrogen-bond acceptors (Lipinski definition) is 2. The SMILES string of the molecule is CCOc1ccc(-c2ccc(OCc3cccc(F)c3)cc2)c(F)c1F. The van der Waals surface area contributed by atoms with E-state index in [0.717, 1.165) is 0 Å². The largest absolute Gasteiger partial charge is 0.491 e. The zero-order valence-corrected chi connectivity index (χ0v) is 14.1. The second-order valence-corrected chi connectivity index (χ2v) is 5.62. The molecule has 0 heterocycles. The van der Waals surface area contributed by atoms with Gasteiger partial charge in [-0.1, -0.05) is 24.3 Å². The van der Waals surface area contributed by atoms with Crippen LogP contribution in [0.2, 0.25) is 0 Å². The summed E-state index contributed by atoms with van der Waals surface area (Å²) in [4.78, 5) is 0. The van der Waals surface area contributed by atoms with Crippen LogP contribution in [0.3, 0.4) is 0 Å². The highest BCUT2D eigenvalue weighted by Crippen LogP contribution is 2.31. The first-order chi connectivity index (χ1) is 12.6. The van der Waals surface area contributed by atoms with Crippen LogP contribution in [0.1, 0.15) is 12.5 Å². The lowest BCUT2D eigenvalue weighted by atomic mass is 10.0. The van der Waals surface area contributed by atoms with E-state index in [9.17, 15) is 13.2 Å². The molecule has 0 bridgehead atoms. The van der Waals surface area contributed by atoms with E-state index in [4.69, 9.17) is 9.47 Å². The van der Waals surface area contributed by atoms with Crippen LogP contribution in [0.5, 0.6) is 11.5 Å². The highest BCUT2D eigenvalue weighted by molar-refractivity contribution is 5.66. The third kappa shape index (κ3) is 3.99. The Morgan fingerprint density at radius 2 is 1.58 bits per heavy atom. The Morgan fingerprint density at radius 1 is 0.808 bits per heavy atom. The normalized spacial score (nSPS) is 10.6.